The van der Waals surface area contributed by atoms with Crippen molar-refractivity contribution in [2.45, 2.75) is 18.4 Å². The van der Waals surface area contributed by atoms with E-state index in [1.807, 2.05) is 6.07 Å². The lowest BCUT2D eigenvalue weighted by Gasteiger charge is -2.10. The number of pyridine rings is 1. The topological polar surface area (TPSA) is 111 Å². The van der Waals surface area contributed by atoms with Crippen molar-refractivity contribution in [3.8, 4) is 0 Å². The number of aryl methyl sites for hydroxylation is 1. The molecule has 0 bridgehead atoms. The average molecular weight is 329 g/mol. The molecule has 2 heterocycles. The summed E-state index contributed by atoms with van der Waals surface area (Å²) in [5.74, 6) is 0.677. The van der Waals surface area contributed by atoms with Crippen LogP contribution in [0.1, 0.15) is 11.1 Å². The molecule has 3 N–H and O–H groups in total. The monoisotopic (exact) mass is 329 g/mol. The lowest BCUT2D eigenvalue weighted by atomic mass is 10.1. The summed E-state index contributed by atoms with van der Waals surface area (Å²) >= 11 is 0. The van der Waals surface area contributed by atoms with Gasteiger partial charge in [-0.3, -0.25) is 4.98 Å². The highest BCUT2D eigenvalue weighted by molar-refractivity contribution is 7.89. The summed E-state index contributed by atoms with van der Waals surface area (Å²) in [6, 6.07) is 6.84. The van der Waals surface area contributed by atoms with Gasteiger partial charge in [0.1, 0.15) is 12.1 Å². The molecular weight excluding hydrogens is 314 g/mol. The molecule has 0 atom stereocenters. The predicted molar refractivity (Wildman–Crippen MR) is 87.2 cm³/mol. The van der Waals surface area contributed by atoms with E-state index < -0.39 is 10.0 Å². The van der Waals surface area contributed by atoms with Gasteiger partial charge in [0.2, 0.25) is 10.0 Å². The van der Waals surface area contributed by atoms with Crippen molar-refractivity contribution < 1.29 is 8.42 Å². The van der Waals surface area contributed by atoms with E-state index in [1.165, 1.54) is 12.4 Å². The van der Waals surface area contributed by atoms with Gasteiger partial charge in [0.25, 0.3) is 0 Å². The molecule has 0 unspecified atom stereocenters. The molecule has 0 aliphatic heterocycles. The van der Waals surface area contributed by atoms with Gasteiger partial charge in [-0.1, -0.05) is 12.1 Å². The maximum absolute atomic E-state index is 11.4. The minimum absolute atomic E-state index is 0.137. The number of sulfonamides is 1. The van der Waals surface area contributed by atoms with Gasteiger partial charge in [0.15, 0.2) is 0 Å². The fourth-order valence-electron chi connectivity index (χ4n) is 2.37. The number of fused-ring (bicyclic) bond motifs is 1. The molecule has 23 heavy (non-hydrogen) atoms. The molecule has 0 saturated heterocycles. The number of hydrogen-bond acceptors (Lipinski definition) is 6. The van der Waals surface area contributed by atoms with Gasteiger partial charge >= 0.3 is 0 Å². The smallest absolute Gasteiger partial charge is 0.238 e. The van der Waals surface area contributed by atoms with E-state index in [-0.39, 0.29) is 4.90 Å². The first-order valence-corrected chi connectivity index (χ1v) is 8.41. The van der Waals surface area contributed by atoms with Crippen LogP contribution in [0.15, 0.2) is 47.9 Å². The highest BCUT2D eigenvalue weighted by Crippen LogP contribution is 2.19. The molecule has 0 aliphatic carbocycles. The summed E-state index contributed by atoms with van der Waals surface area (Å²) in [5, 5.41) is 9.21. The second-order valence-corrected chi connectivity index (χ2v) is 6.64. The minimum atomic E-state index is -3.70. The molecule has 3 rings (SSSR count). The van der Waals surface area contributed by atoms with Gasteiger partial charge < -0.3 is 5.32 Å². The maximum Gasteiger partial charge on any atom is 0.238 e. The van der Waals surface area contributed by atoms with Crippen LogP contribution in [-0.4, -0.2) is 23.4 Å². The molecule has 0 radical (unpaired) electrons. The van der Waals surface area contributed by atoms with E-state index in [0.29, 0.717) is 17.9 Å². The first kappa shape index (κ1) is 15.3. The number of aromatic nitrogens is 3. The molecule has 118 valence electrons. The number of benzene rings is 1. The minimum Gasteiger partial charge on any atom is -0.365 e. The molecule has 0 saturated carbocycles. The van der Waals surface area contributed by atoms with Crippen molar-refractivity contribution in [3.05, 3.63) is 54.1 Å². The Hall–Kier alpha value is -2.58. The molecule has 0 fully saturated rings. The summed E-state index contributed by atoms with van der Waals surface area (Å²) in [4.78, 5) is 12.6. The van der Waals surface area contributed by atoms with Gasteiger partial charge in [0, 0.05) is 18.9 Å². The van der Waals surface area contributed by atoms with E-state index in [0.717, 1.165) is 16.5 Å². The Morgan fingerprint density at radius 2 is 2.04 bits per heavy atom. The van der Waals surface area contributed by atoms with E-state index in [4.69, 9.17) is 5.14 Å². The lowest BCUT2D eigenvalue weighted by Crippen LogP contribution is -2.14. The Balaban J connectivity index is 1.84. The zero-order valence-electron chi connectivity index (χ0n) is 12.4. The van der Waals surface area contributed by atoms with Crippen LogP contribution in [0.3, 0.4) is 0 Å². The summed E-state index contributed by atoms with van der Waals surface area (Å²) in [7, 11) is -3.70. The van der Waals surface area contributed by atoms with Crippen LogP contribution in [-0.2, 0) is 16.6 Å². The molecule has 0 aliphatic rings. The number of hydrogen-bond donors (Lipinski definition) is 2. The Bertz CT molecular complexity index is 967. The van der Waals surface area contributed by atoms with Crippen LogP contribution in [0.4, 0.5) is 5.82 Å². The van der Waals surface area contributed by atoms with Crippen LogP contribution in [0.5, 0.6) is 0 Å². The normalized spacial score (nSPS) is 11.6. The van der Waals surface area contributed by atoms with E-state index in [1.54, 1.807) is 31.5 Å². The highest BCUT2D eigenvalue weighted by atomic mass is 32.2. The largest absolute Gasteiger partial charge is 0.365 e. The fourth-order valence-corrected chi connectivity index (χ4v) is 3.13. The molecule has 1 aromatic carbocycles. The molecule has 0 spiro atoms. The van der Waals surface area contributed by atoms with Crippen LogP contribution in [0.25, 0.3) is 10.9 Å². The Morgan fingerprint density at radius 3 is 2.78 bits per heavy atom. The van der Waals surface area contributed by atoms with Crippen LogP contribution in [0.2, 0.25) is 0 Å². The third-order valence-corrected chi connectivity index (χ3v) is 4.51. The van der Waals surface area contributed by atoms with Crippen molar-refractivity contribution in [1.82, 2.24) is 15.0 Å². The number of anilines is 1. The molecule has 8 heteroatoms. The third-order valence-electron chi connectivity index (χ3n) is 3.44. The van der Waals surface area contributed by atoms with Gasteiger partial charge in [-0.25, -0.2) is 23.5 Å². The Morgan fingerprint density at radius 1 is 1.22 bits per heavy atom. The number of nitrogens with one attached hydrogen (secondary N) is 1. The Labute approximate surface area is 133 Å². The van der Waals surface area contributed by atoms with Crippen LogP contribution < -0.4 is 10.5 Å². The second-order valence-electron chi connectivity index (χ2n) is 5.11. The summed E-state index contributed by atoms with van der Waals surface area (Å²) in [6.07, 6.45) is 4.86. The van der Waals surface area contributed by atoms with Crippen molar-refractivity contribution in [3.63, 3.8) is 0 Å². The zero-order chi connectivity index (χ0) is 16.4. The van der Waals surface area contributed by atoms with Gasteiger partial charge in [-0.05, 0) is 30.2 Å². The summed E-state index contributed by atoms with van der Waals surface area (Å²) in [5.41, 5.74) is 2.34. The lowest BCUT2D eigenvalue weighted by molar-refractivity contribution is 0.597. The SMILES string of the molecule is Cc1cc(CNc2ncnc3ccncc23)ccc1S(N)(=O)=O. The number of nitrogens with two attached hydrogens (primary N) is 1. The Kier molecular flexibility index (Phi) is 3.93. The van der Waals surface area contributed by atoms with Crippen LogP contribution >= 0.6 is 0 Å². The molecule has 0 amide bonds. The van der Waals surface area contributed by atoms with E-state index in [2.05, 4.69) is 20.3 Å². The van der Waals surface area contributed by atoms with Crippen LogP contribution in [0, 0.1) is 6.92 Å². The van der Waals surface area contributed by atoms with Crippen molar-refractivity contribution in [2.24, 2.45) is 5.14 Å². The fraction of sp³-hybridized carbons (Fsp3) is 0.133. The third kappa shape index (κ3) is 3.27. The number of rotatable bonds is 4. The van der Waals surface area contributed by atoms with Gasteiger partial charge in [-0.15, -0.1) is 0 Å². The first-order chi connectivity index (χ1) is 10.9. The van der Waals surface area contributed by atoms with Crippen molar-refractivity contribution in [2.75, 3.05) is 5.32 Å². The second kappa shape index (κ2) is 5.90. The highest BCUT2D eigenvalue weighted by Gasteiger charge is 2.11. The van der Waals surface area contributed by atoms with E-state index in [9.17, 15) is 8.42 Å². The average Bonchev–Trinajstić information content (AvgIpc) is 2.51. The molecule has 2 aromatic heterocycles. The summed E-state index contributed by atoms with van der Waals surface area (Å²) in [6.45, 7) is 2.21. The van der Waals surface area contributed by atoms with E-state index >= 15 is 0 Å². The molecule has 7 nitrogen and oxygen atoms in total. The van der Waals surface area contributed by atoms with Gasteiger partial charge in [0.05, 0.1) is 15.8 Å². The maximum atomic E-state index is 11.4. The summed E-state index contributed by atoms with van der Waals surface area (Å²) < 4.78 is 22.9. The molecule has 3 aromatic rings. The quantitative estimate of drug-likeness (QED) is 0.752. The first-order valence-electron chi connectivity index (χ1n) is 6.86. The van der Waals surface area contributed by atoms with Crippen molar-refractivity contribution in [1.29, 1.82) is 0 Å². The zero-order valence-corrected chi connectivity index (χ0v) is 13.2. The number of nitrogens with zero attached hydrogens (tertiary/aromatic N) is 3. The van der Waals surface area contributed by atoms with Crippen molar-refractivity contribution >= 4 is 26.7 Å². The van der Waals surface area contributed by atoms with Gasteiger partial charge in [-0.2, -0.15) is 0 Å². The predicted octanol–water partition coefficient (Wildman–Crippen LogP) is 1.59. The number of primary sulfonamides is 1. The molecular formula is C15H15N5O2S. The standard InChI is InChI=1S/C15H15N5O2S/c1-10-6-11(2-3-14(10)23(16,21)22)7-18-15-12-8-17-5-4-13(12)19-9-20-15/h2-6,8-9H,7H2,1H3,(H2,16,21,22)(H,18,19,20).